The summed E-state index contributed by atoms with van der Waals surface area (Å²) in [7, 11) is 0. The highest BCUT2D eigenvalue weighted by Crippen LogP contribution is 2.34. The Morgan fingerprint density at radius 2 is 1.93 bits per heavy atom. The van der Waals surface area contributed by atoms with Crippen molar-refractivity contribution in [2.75, 3.05) is 49.7 Å². The maximum Gasteiger partial charge on any atom is 0.193 e. The van der Waals surface area contributed by atoms with E-state index in [2.05, 4.69) is 10.2 Å². The van der Waals surface area contributed by atoms with Gasteiger partial charge in [0.15, 0.2) is 5.96 Å². The zero-order chi connectivity index (χ0) is 19.9. The third-order valence-corrected chi connectivity index (χ3v) is 6.63. The number of guanidine groups is 1. The second kappa shape index (κ2) is 9.52. The van der Waals surface area contributed by atoms with Crippen LogP contribution in [0, 0.1) is 0 Å². The summed E-state index contributed by atoms with van der Waals surface area (Å²) in [5, 5.41) is 3.21. The van der Waals surface area contributed by atoms with Crippen molar-refractivity contribution in [2.24, 2.45) is 10.7 Å². The van der Waals surface area contributed by atoms with Crippen LogP contribution in [0.15, 0.2) is 59.6 Å². The standard InChI is InChI=1S/C22H28N4O2S/c23-21(24-16-22(9-14-29-17-22)26-10-12-27-13-11-26)25-18-5-4-8-20(15-18)28-19-6-2-1-3-7-19/h1-8,15H,9-14,16-17H2,(H3,23,24,25). The van der Waals surface area contributed by atoms with Crippen LogP contribution < -0.4 is 15.8 Å². The summed E-state index contributed by atoms with van der Waals surface area (Å²) in [5.41, 5.74) is 7.18. The SMILES string of the molecule is NC(=NCC1(N2CCOCC2)CCSC1)Nc1cccc(Oc2ccccc2)c1. The minimum absolute atomic E-state index is 0.0962. The van der Waals surface area contributed by atoms with Gasteiger partial charge in [0.25, 0.3) is 0 Å². The number of nitrogens with two attached hydrogens (primary N) is 1. The number of ether oxygens (including phenoxy) is 2. The Bertz CT molecular complexity index is 819. The van der Waals surface area contributed by atoms with Crippen LogP contribution >= 0.6 is 11.8 Å². The first-order valence-corrected chi connectivity index (χ1v) is 11.2. The van der Waals surface area contributed by atoms with E-state index in [0.29, 0.717) is 12.5 Å². The topological polar surface area (TPSA) is 72.1 Å². The molecule has 2 aromatic carbocycles. The summed E-state index contributed by atoms with van der Waals surface area (Å²) < 4.78 is 11.4. The van der Waals surface area contributed by atoms with E-state index in [1.807, 2.05) is 66.4 Å². The van der Waals surface area contributed by atoms with E-state index in [1.165, 1.54) is 5.75 Å². The maximum absolute atomic E-state index is 6.22. The first-order valence-electron chi connectivity index (χ1n) is 10.0. The minimum atomic E-state index is 0.0962. The number of nitrogens with one attached hydrogen (secondary N) is 1. The molecule has 0 spiro atoms. The lowest BCUT2D eigenvalue weighted by Crippen LogP contribution is -2.56. The third kappa shape index (κ3) is 5.23. The number of nitrogens with zero attached hydrogens (tertiary/aromatic N) is 2. The minimum Gasteiger partial charge on any atom is -0.457 e. The Morgan fingerprint density at radius 1 is 1.14 bits per heavy atom. The van der Waals surface area contributed by atoms with Crippen molar-refractivity contribution in [3.05, 3.63) is 54.6 Å². The number of rotatable bonds is 6. The van der Waals surface area contributed by atoms with E-state index < -0.39 is 0 Å². The lowest BCUT2D eigenvalue weighted by molar-refractivity contribution is -0.0104. The first kappa shape index (κ1) is 20.1. The van der Waals surface area contributed by atoms with Crippen LogP contribution in [0.2, 0.25) is 0 Å². The molecule has 6 nitrogen and oxygen atoms in total. The van der Waals surface area contributed by atoms with Gasteiger partial charge in [-0.05, 0) is 36.4 Å². The zero-order valence-electron chi connectivity index (χ0n) is 16.5. The molecule has 0 aliphatic carbocycles. The molecule has 0 aromatic heterocycles. The molecule has 2 aliphatic heterocycles. The quantitative estimate of drug-likeness (QED) is 0.560. The molecule has 4 rings (SSSR count). The van der Waals surface area contributed by atoms with E-state index in [9.17, 15) is 0 Å². The Balaban J connectivity index is 1.40. The fourth-order valence-electron chi connectivity index (χ4n) is 3.79. The molecular weight excluding hydrogens is 384 g/mol. The van der Waals surface area contributed by atoms with Gasteiger partial charge in [-0.2, -0.15) is 11.8 Å². The first-order chi connectivity index (χ1) is 14.2. The Morgan fingerprint density at radius 3 is 2.69 bits per heavy atom. The average molecular weight is 413 g/mol. The summed E-state index contributed by atoms with van der Waals surface area (Å²) in [4.78, 5) is 7.25. The molecule has 2 heterocycles. The van der Waals surface area contributed by atoms with Gasteiger partial charge in [0, 0.05) is 30.6 Å². The number of hydrogen-bond donors (Lipinski definition) is 2. The third-order valence-electron chi connectivity index (χ3n) is 5.39. The second-order valence-corrected chi connectivity index (χ2v) is 8.50. The van der Waals surface area contributed by atoms with Gasteiger partial charge in [-0.3, -0.25) is 9.89 Å². The summed E-state index contributed by atoms with van der Waals surface area (Å²) in [5.74, 6) is 4.28. The molecule has 2 saturated heterocycles. The predicted molar refractivity (Wildman–Crippen MR) is 120 cm³/mol. The van der Waals surface area contributed by atoms with Crippen molar-refractivity contribution in [3.8, 4) is 11.5 Å². The Hall–Kier alpha value is -2.22. The van der Waals surface area contributed by atoms with E-state index in [0.717, 1.165) is 55.7 Å². The van der Waals surface area contributed by atoms with Gasteiger partial charge in [-0.25, -0.2) is 0 Å². The smallest absolute Gasteiger partial charge is 0.193 e. The van der Waals surface area contributed by atoms with Crippen LogP contribution in [0.1, 0.15) is 6.42 Å². The number of para-hydroxylation sites is 1. The molecule has 2 fully saturated rings. The van der Waals surface area contributed by atoms with E-state index in [1.54, 1.807) is 0 Å². The van der Waals surface area contributed by atoms with Crippen molar-refractivity contribution >= 4 is 23.4 Å². The largest absolute Gasteiger partial charge is 0.457 e. The van der Waals surface area contributed by atoms with Crippen LogP contribution in [0.25, 0.3) is 0 Å². The predicted octanol–water partition coefficient (Wildman–Crippen LogP) is 3.41. The highest BCUT2D eigenvalue weighted by atomic mass is 32.2. The Labute approximate surface area is 176 Å². The normalized spacial score (nSPS) is 23.1. The molecule has 154 valence electrons. The summed E-state index contributed by atoms with van der Waals surface area (Å²) >= 11 is 2.00. The van der Waals surface area contributed by atoms with Gasteiger partial charge in [0.2, 0.25) is 0 Å². The lowest BCUT2D eigenvalue weighted by Gasteiger charge is -2.42. The molecule has 2 aromatic rings. The van der Waals surface area contributed by atoms with Gasteiger partial charge >= 0.3 is 0 Å². The molecule has 0 amide bonds. The summed E-state index contributed by atoms with van der Waals surface area (Å²) in [6.07, 6.45) is 1.15. The van der Waals surface area contributed by atoms with Crippen LogP contribution in [-0.4, -0.2) is 60.8 Å². The van der Waals surface area contributed by atoms with Crippen molar-refractivity contribution in [1.82, 2.24) is 4.90 Å². The van der Waals surface area contributed by atoms with Gasteiger partial charge in [0.1, 0.15) is 11.5 Å². The number of aliphatic imine (C=N–C) groups is 1. The molecule has 2 aliphatic rings. The molecule has 7 heteroatoms. The van der Waals surface area contributed by atoms with Crippen molar-refractivity contribution in [2.45, 2.75) is 12.0 Å². The number of anilines is 1. The number of benzene rings is 2. The van der Waals surface area contributed by atoms with Crippen molar-refractivity contribution in [3.63, 3.8) is 0 Å². The molecule has 0 bridgehead atoms. The van der Waals surface area contributed by atoms with Crippen LogP contribution in [-0.2, 0) is 4.74 Å². The maximum atomic E-state index is 6.22. The monoisotopic (exact) mass is 412 g/mol. The second-order valence-electron chi connectivity index (χ2n) is 7.40. The fraction of sp³-hybridized carbons (Fsp3) is 0.409. The van der Waals surface area contributed by atoms with Gasteiger partial charge in [0.05, 0.1) is 25.3 Å². The lowest BCUT2D eigenvalue weighted by atomic mass is 9.96. The molecule has 1 atom stereocenters. The average Bonchev–Trinajstić information content (AvgIpc) is 3.24. The fourth-order valence-corrected chi connectivity index (χ4v) is 5.26. The van der Waals surface area contributed by atoms with Gasteiger partial charge < -0.3 is 20.5 Å². The summed E-state index contributed by atoms with van der Waals surface area (Å²) in [6, 6.07) is 17.5. The zero-order valence-corrected chi connectivity index (χ0v) is 17.4. The van der Waals surface area contributed by atoms with Crippen LogP contribution in [0.3, 0.4) is 0 Å². The molecule has 0 saturated carbocycles. The van der Waals surface area contributed by atoms with Crippen LogP contribution in [0.5, 0.6) is 11.5 Å². The summed E-state index contributed by atoms with van der Waals surface area (Å²) in [6.45, 7) is 4.26. The molecule has 29 heavy (non-hydrogen) atoms. The van der Waals surface area contributed by atoms with Crippen molar-refractivity contribution in [1.29, 1.82) is 0 Å². The molecular formula is C22H28N4O2S. The molecule has 0 radical (unpaired) electrons. The highest BCUT2D eigenvalue weighted by Gasteiger charge is 2.40. The van der Waals surface area contributed by atoms with E-state index in [4.69, 9.17) is 20.2 Å². The number of morpholine rings is 1. The van der Waals surface area contributed by atoms with E-state index in [-0.39, 0.29) is 5.54 Å². The number of thioether (sulfide) groups is 1. The highest BCUT2D eigenvalue weighted by molar-refractivity contribution is 7.99. The van der Waals surface area contributed by atoms with E-state index >= 15 is 0 Å². The number of hydrogen-bond acceptors (Lipinski definition) is 5. The van der Waals surface area contributed by atoms with Crippen LogP contribution in [0.4, 0.5) is 5.69 Å². The van der Waals surface area contributed by atoms with Gasteiger partial charge in [-0.1, -0.05) is 24.3 Å². The molecule has 1 unspecified atom stereocenters. The van der Waals surface area contributed by atoms with Crippen molar-refractivity contribution < 1.29 is 9.47 Å². The molecule has 3 N–H and O–H groups in total. The Kier molecular flexibility index (Phi) is 6.59. The van der Waals surface area contributed by atoms with Gasteiger partial charge in [-0.15, -0.1) is 0 Å².